The smallest absolute Gasteiger partial charge is 0.313 e. The highest BCUT2D eigenvalue weighted by atomic mass is 32.2. The second-order valence-electron chi connectivity index (χ2n) is 4.67. The van der Waals surface area contributed by atoms with Crippen molar-refractivity contribution in [2.24, 2.45) is 0 Å². The van der Waals surface area contributed by atoms with Gasteiger partial charge in [0.05, 0.1) is 12.0 Å². The number of hydrogen-bond donors (Lipinski definition) is 3. The van der Waals surface area contributed by atoms with Gasteiger partial charge in [-0.05, 0) is 13.8 Å². The van der Waals surface area contributed by atoms with Crippen molar-refractivity contribution in [1.82, 2.24) is 14.9 Å². The van der Waals surface area contributed by atoms with Crippen molar-refractivity contribution in [2.75, 3.05) is 23.9 Å². The van der Waals surface area contributed by atoms with E-state index in [0.29, 0.717) is 16.0 Å². The number of carbonyl (C=O) groups is 1. The number of hydrogen-bond acceptors (Lipinski definition) is 8. The first-order chi connectivity index (χ1) is 9.07. The average molecular weight is 340 g/mol. The van der Waals surface area contributed by atoms with Crippen molar-refractivity contribution in [3.8, 4) is 0 Å². The van der Waals surface area contributed by atoms with Gasteiger partial charge < -0.3 is 10.4 Å². The van der Waals surface area contributed by atoms with E-state index in [2.05, 4.69) is 20.2 Å². The molecule has 0 radical (unpaired) electrons. The Morgan fingerprint density at radius 2 is 2.10 bits per heavy atom. The van der Waals surface area contributed by atoms with E-state index in [0.717, 1.165) is 18.0 Å². The molecule has 0 unspecified atom stereocenters. The number of sulfonamides is 1. The van der Waals surface area contributed by atoms with Crippen LogP contribution in [0.3, 0.4) is 0 Å². The van der Waals surface area contributed by atoms with E-state index in [1.165, 1.54) is 11.3 Å². The van der Waals surface area contributed by atoms with Crippen LogP contribution in [-0.4, -0.2) is 53.8 Å². The topological polar surface area (TPSA) is 121 Å². The van der Waals surface area contributed by atoms with Crippen LogP contribution < -0.4 is 10.0 Å². The standard InChI is InChI=1S/C9H16N4O4S3/c1-9(2,13-20(3,16)17)5-10-7-11-12-8(19-7)18-4-6(14)15/h13H,4-5H2,1-3H3,(H,10,11)(H,14,15). The fourth-order valence-corrected chi connectivity index (χ4v) is 3.84. The predicted octanol–water partition coefficient (Wildman–Crippen LogP) is 0.455. The Morgan fingerprint density at radius 1 is 1.45 bits per heavy atom. The van der Waals surface area contributed by atoms with Crippen LogP contribution in [0.4, 0.5) is 5.13 Å². The molecule has 0 aliphatic carbocycles. The highest BCUT2D eigenvalue weighted by Gasteiger charge is 2.22. The average Bonchev–Trinajstić information content (AvgIpc) is 2.68. The summed E-state index contributed by atoms with van der Waals surface area (Å²) in [5.74, 6) is -0.992. The van der Waals surface area contributed by atoms with E-state index in [-0.39, 0.29) is 5.75 Å². The van der Waals surface area contributed by atoms with Gasteiger partial charge in [0.1, 0.15) is 0 Å². The molecule has 114 valence electrons. The van der Waals surface area contributed by atoms with Crippen molar-refractivity contribution < 1.29 is 18.3 Å². The number of carboxylic acid groups (broad SMARTS) is 1. The number of nitrogens with one attached hydrogen (secondary N) is 2. The number of nitrogens with zero attached hydrogens (tertiary/aromatic N) is 2. The molecular weight excluding hydrogens is 324 g/mol. The molecule has 0 aliphatic rings. The van der Waals surface area contributed by atoms with Crippen LogP contribution in [0, 0.1) is 0 Å². The Morgan fingerprint density at radius 3 is 2.65 bits per heavy atom. The molecule has 0 amide bonds. The van der Waals surface area contributed by atoms with Gasteiger partial charge in [0.15, 0.2) is 4.34 Å². The largest absolute Gasteiger partial charge is 0.481 e. The molecular formula is C9H16N4O4S3. The zero-order chi connectivity index (χ0) is 15.4. The number of aromatic nitrogens is 2. The van der Waals surface area contributed by atoms with Gasteiger partial charge >= 0.3 is 5.97 Å². The number of thioether (sulfide) groups is 1. The van der Waals surface area contributed by atoms with Crippen LogP contribution in [0.25, 0.3) is 0 Å². The summed E-state index contributed by atoms with van der Waals surface area (Å²) in [5, 5.41) is 19.7. The first kappa shape index (κ1) is 17.1. The van der Waals surface area contributed by atoms with E-state index >= 15 is 0 Å². The van der Waals surface area contributed by atoms with Gasteiger partial charge in [0, 0.05) is 12.1 Å². The highest BCUT2D eigenvalue weighted by Crippen LogP contribution is 2.25. The molecule has 3 N–H and O–H groups in total. The lowest BCUT2D eigenvalue weighted by Gasteiger charge is -2.24. The zero-order valence-corrected chi connectivity index (χ0v) is 13.7. The molecule has 0 fully saturated rings. The third kappa shape index (κ3) is 7.03. The molecule has 0 saturated heterocycles. The van der Waals surface area contributed by atoms with Gasteiger partial charge in [-0.25, -0.2) is 13.1 Å². The van der Waals surface area contributed by atoms with E-state index in [4.69, 9.17) is 5.11 Å². The van der Waals surface area contributed by atoms with Crippen molar-refractivity contribution in [3.05, 3.63) is 0 Å². The van der Waals surface area contributed by atoms with Crippen molar-refractivity contribution in [1.29, 1.82) is 0 Å². The maximum Gasteiger partial charge on any atom is 0.313 e. The summed E-state index contributed by atoms with van der Waals surface area (Å²) in [5.41, 5.74) is -0.673. The fraction of sp³-hybridized carbons (Fsp3) is 0.667. The lowest BCUT2D eigenvalue weighted by atomic mass is 10.1. The van der Waals surface area contributed by atoms with Crippen LogP contribution in [0.1, 0.15) is 13.8 Å². The lowest BCUT2D eigenvalue weighted by Crippen LogP contribution is -2.47. The highest BCUT2D eigenvalue weighted by molar-refractivity contribution is 8.01. The van der Waals surface area contributed by atoms with Gasteiger partial charge in [0.25, 0.3) is 0 Å². The van der Waals surface area contributed by atoms with Crippen molar-refractivity contribution in [2.45, 2.75) is 23.7 Å². The number of aliphatic carboxylic acids is 1. The Hall–Kier alpha value is -0.910. The van der Waals surface area contributed by atoms with Crippen molar-refractivity contribution >= 4 is 44.2 Å². The summed E-state index contributed by atoms with van der Waals surface area (Å²) in [6, 6.07) is 0. The third-order valence-electron chi connectivity index (χ3n) is 1.87. The monoisotopic (exact) mass is 340 g/mol. The quantitative estimate of drug-likeness (QED) is 0.583. The maximum atomic E-state index is 11.2. The van der Waals surface area contributed by atoms with Crippen LogP contribution in [-0.2, 0) is 14.8 Å². The first-order valence-corrected chi connectivity index (χ1v) is 9.18. The molecule has 0 bridgehead atoms. The molecule has 0 aromatic carbocycles. The fourth-order valence-electron chi connectivity index (χ4n) is 1.30. The second-order valence-corrected chi connectivity index (χ2v) is 8.62. The van der Waals surface area contributed by atoms with Crippen LogP contribution in [0.2, 0.25) is 0 Å². The molecule has 20 heavy (non-hydrogen) atoms. The molecule has 0 spiro atoms. The summed E-state index contributed by atoms with van der Waals surface area (Å²) in [4.78, 5) is 10.4. The summed E-state index contributed by atoms with van der Waals surface area (Å²) in [6.07, 6.45) is 1.10. The Bertz CT molecular complexity index is 570. The molecule has 0 atom stereocenters. The molecule has 1 aromatic heterocycles. The zero-order valence-electron chi connectivity index (χ0n) is 11.2. The van der Waals surface area contributed by atoms with Gasteiger partial charge in [-0.1, -0.05) is 23.1 Å². The van der Waals surface area contributed by atoms with E-state index in [1.807, 2.05) is 0 Å². The predicted molar refractivity (Wildman–Crippen MR) is 78.8 cm³/mol. The summed E-state index contributed by atoms with van der Waals surface area (Å²) >= 11 is 2.31. The summed E-state index contributed by atoms with van der Waals surface area (Å²) in [7, 11) is -3.29. The van der Waals surface area contributed by atoms with E-state index in [9.17, 15) is 13.2 Å². The van der Waals surface area contributed by atoms with Crippen LogP contribution >= 0.6 is 23.1 Å². The minimum Gasteiger partial charge on any atom is -0.481 e. The van der Waals surface area contributed by atoms with Gasteiger partial charge in [-0.2, -0.15) is 0 Å². The van der Waals surface area contributed by atoms with Crippen LogP contribution in [0.15, 0.2) is 4.34 Å². The molecule has 1 heterocycles. The summed E-state index contributed by atoms with van der Waals surface area (Å²) in [6.45, 7) is 3.81. The SMILES string of the molecule is CC(C)(CNc1nnc(SCC(=O)O)s1)NS(C)(=O)=O. The maximum absolute atomic E-state index is 11.2. The van der Waals surface area contributed by atoms with E-state index < -0.39 is 21.5 Å². The molecule has 0 aliphatic heterocycles. The normalized spacial score (nSPS) is 12.3. The first-order valence-electron chi connectivity index (χ1n) is 5.48. The Balaban J connectivity index is 2.51. The van der Waals surface area contributed by atoms with Crippen molar-refractivity contribution in [3.63, 3.8) is 0 Å². The molecule has 11 heteroatoms. The third-order valence-corrected chi connectivity index (χ3v) is 4.79. The van der Waals surface area contributed by atoms with E-state index in [1.54, 1.807) is 13.8 Å². The minimum absolute atomic E-state index is 0.0737. The minimum atomic E-state index is -3.29. The number of carboxylic acids is 1. The lowest BCUT2D eigenvalue weighted by molar-refractivity contribution is -0.133. The summed E-state index contributed by atoms with van der Waals surface area (Å²) < 4.78 is 25.4. The number of anilines is 1. The number of rotatable bonds is 8. The van der Waals surface area contributed by atoms with Gasteiger partial charge in [-0.3, -0.25) is 4.79 Å². The molecule has 1 rings (SSSR count). The molecule has 1 aromatic rings. The van der Waals surface area contributed by atoms with Gasteiger partial charge in [-0.15, -0.1) is 10.2 Å². The second kappa shape index (κ2) is 6.70. The van der Waals surface area contributed by atoms with Gasteiger partial charge in [0.2, 0.25) is 15.2 Å². The molecule has 8 nitrogen and oxygen atoms in total. The Labute approximate surface area is 125 Å². The molecule has 0 saturated carbocycles. The Kier molecular flexibility index (Phi) is 5.74. The van der Waals surface area contributed by atoms with Crippen LogP contribution in [0.5, 0.6) is 0 Å².